The van der Waals surface area contributed by atoms with Gasteiger partial charge >= 0.3 is 5.97 Å². The maximum absolute atomic E-state index is 10.9. The molecule has 0 radical (unpaired) electrons. The van der Waals surface area contributed by atoms with Crippen LogP contribution in [0.1, 0.15) is 31.2 Å². The molecule has 138 valence electrons. The quantitative estimate of drug-likeness (QED) is 0.379. The monoisotopic (exact) mass is 354 g/mol. The molecular formula is C22H26O4. The minimum Gasteiger partial charge on any atom is -0.493 e. The zero-order valence-electron chi connectivity index (χ0n) is 15.4. The Hall–Kier alpha value is -2.75. The van der Waals surface area contributed by atoms with Gasteiger partial charge in [0.2, 0.25) is 0 Å². The van der Waals surface area contributed by atoms with Crippen LogP contribution in [-0.4, -0.2) is 26.3 Å². The Morgan fingerprint density at radius 2 is 1.65 bits per heavy atom. The largest absolute Gasteiger partial charge is 0.493 e. The van der Waals surface area contributed by atoms with E-state index in [1.54, 1.807) is 19.3 Å². The van der Waals surface area contributed by atoms with Gasteiger partial charge in [0.05, 0.1) is 20.3 Å². The van der Waals surface area contributed by atoms with Crippen molar-refractivity contribution in [3.05, 3.63) is 66.3 Å². The normalized spacial score (nSPS) is 15.6. The van der Waals surface area contributed by atoms with Crippen molar-refractivity contribution in [2.24, 2.45) is 0 Å². The van der Waals surface area contributed by atoms with E-state index in [4.69, 9.17) is 9.47 Å². The van der Waals surface area contributed by atoms with Crippen LogP contribution in [0.15, 0.2) is 60.7 Å². The number of hydrogen-bond acceptors (Lipinski definition) is 4. The molecule has 2 rings (SSSR count). The summed E-state index contributed by atoms with van der Waals surface area (Å²) in [6, 6.07) is 5.95. The van der Waals surface area contributed by atoms with Gasteiger partial charge in [-0.3, -0.25) is 0 Å². The molecule has 1 aliphatic rings. The molecule has 0 amide bonds. The first kappa shape index (κ1) is 19.6. The fourth-order valence-electron chi connectivity index (χ4n) is 2.70. The average Bonchev–Trinajstić information content (AvgIpc) is 3.17. The molecule has 0 N–H and O–H groups in total. The van der Waals surface area contributed by atoms with Crippen molar-refractivity contribution in [1.29, 1.82) is 0 Å². The van der Waals surface area contributed by atoms with Gasteiger partial charge in [-0.2, -0.15) is 0 Å². The molecule has 0 aliphatic heterocycles. The second-order valence-electron chi connectivity index (χ2n) is 5.95. The number of carbonyl (C=O) groups is 1. The summed E-state index contributed by atoms with van der Waals surface area (Å²) in [5.74, 6) is 1.21. The Morgan fingerprint density at radius 3 is 2.35 bits per heavy atom. The first-order chi connectivity index (χ1) is 12.7. The topological polar surface area (TPSA) is 44.8 Å². The van der Waals surface area contributed by atoms with Crippen molar-refractivity contribution in [2.75, 3.05) is 14.2 Å². The molecular weight excluding hydrogens is 328 g/mol. The molecule has 0 unspecified atom stereocenters. The van der Waals surface area contributed by atoms with E-state index in [1.165, 1.54) is 26.0 Å². The van der Waals surface area contributed by atoms with Crippen molar-refractivity contribution >= 4 is 12.0 Å². The second-order valence-corrected chi connectivity index (χ2v) is 5.95. The van der Waals surface area contributed by atoms with Gasteiger partial charge in [-0.05, 0) is 43.4 Å². The summed E-state index contributed by atoms with van der Waals surface area (Å²) < 4.78 is 16.0. The Bertz CT molecular complexity index is 692. The highest BCUT2D eigenvalue weighted by molar-refractivity contribution is 5.82. The van der Waals surface area contributed by atoms with Crippen LogP contribution in [0.2, 0.25) is 0 Å². The Balaban J connectivity index is 1.92. The van der Waals surface area contributed by atoms with Gasteiger partial charge in [0, 0.05) is 6.08 Å². The SMILES string of the molecule is COC(=O)C=CC=CC=CC=Cc1ccc(OC)c(OC2CCCC2)c1. The van der Waals surface area contributed by atoms with Crippen LogP contribution in [0.5, 0.6) is 11.5 Å². The molecule has 1 aliphatic carbocycles. The fraction of sp³-hybridized carbons (Fsp3) is 0.318. The van der Waals surface area contributed by atoms with Crippen LogP contribution in [0.25, 0.3) is 6.08 Å². The molecule has 4 nitrogen and oxygen atoms in total. The highest BCUT2D eigenvalue weighted by atomic mass is 16.5. The lowest BCUT2D eigenvalue weighted by Gasteiger charge is -2.16. The van der Waals surface area contributed by atoms with Crippen molar-refractivity contribution in [3.63, 3.8) is 0 Å². The first-order valence-electron chi connectivity index (χ1n) is 8.83. The van der Waals surface area contributed by atoms with Crippen LogP contribution < -0.4 is 9.47 Å². The smallest absolute Gasteiger partial charge is 0.330 e. The second kappa shape index (κ2) is 11.0. The number of methoxy groups -OCH3 is 2. The van der Waals surface area contributed by atoms with Crippen LogP contribution in [0, 0.1) is 0 Å². The highest BCUT2D eigenvalue weighted by Gasteiger charge is 2.18. The third-order valence-electron chi connectivity index (χ3n) is 4.06. The van der Waals surface area contributed by atoms with E-state index < -0.39 is 0 Å². The van der Waals surface area contributed by atoms with Gasteiger partial charge in [0.25, 0.3) is 0 Å². The average molecular weight is 354 g/mol. The predicted molar refractivity (Wildman–Crippen MR) is 104 cm³/mol. The minimum atomic E-state index is -0.367. The van der Waals surface area contributed by atoms with E-state index in [0.29, 0.717) is 6.10 Å². The Morgan fingerprint density at radius 1 is 0.962 bits per heavy atom. The molecule has 0 bridgehead atoms. The van der Waals surface area contributed by atoms with Crippen molar-refractivity contribution in [2.45, 2.75) is 31.8 Å². The van der Waals surface area contributed by atoms with Gasteiger partial charge in [-0.15, -0.1) is 0 Å². The van der Waals surface area contributed by atoms with Crippen molar-refractivity contribution in [1.82, 2.24) is 0 Å². The lowest BCUT2D eigenvalue weighted by Crippen LogP contribution is -2.11. The highest BCUT2D eigenvalue weighted by Crippen LogP contribution is 2.32. The lowest BCUT2D eigenvalue weighted by molar-refractivity contribution is -0.134. The summed E-state index contributed by atoms with van der Waals surface area (Å²) in [5.41, 5.74) is 1.05. The van der Waals surface area contributed by atoms with Crippen molar-refractivity contribution in [3.8, 4) is 11.5 Å². The molecule has 4 heteroatoms. The van der Waals surface area contributed by atoms with Gasteiger partial charge < -0.3 is 14.2 Å². The van der Waals surface area contributed by atoms with E-state index >= 15 is 0 Å². The number of ether oxygens (including phenoxy) is 3. The van der Waals surface area contributed by atoms with E-state index in [1.807, 2.05) is 48.6 Å². The number of esters is 1. The van der Waals surface area contributed by atoms with Crippen molar-refractivity contribution < 1.29 is 19.0 Å². The molecule has 0 saturated heterocycles. The summed E-state index contributed by atoms with van der Waals surface area (Å²) in [6.45, 7) is 0. The molecule has 1 aromatic carbocycles. The molecule has 0 spiro atoms. The van der Waals surface area contributed by atoms with Gasteiger partial charge in [-0.25, -0.2) is 4.79 Å². The lowest BCUT2D eigenvalue weighted by atomic mass is 10.1. The van der Waals surface area contributed by atoms with Gasteiger partial charge in [0.1, 0.15) is 0 Å². The van der Waals surface area contributed by atoms with Crippen LogP contribution in [0.3, 0.4) is 0 Å². The molecule has 0 atom stereocenters. The van der Waals surface area contributed by atoms with E-state index in [0.717, 1.165) is 29.9 Å². The maximum atomic E-state index is 10.9. The Kier molecular flexibility index (Phi) is 8.27. The molecule has 1 saturated carbocycles. The number of rotatable bonds is 8. The minimum absolute atomic E-state index is 0.297. The number of allylic oxidation sites excluding steroid dienone is 6. The molecule has 0 heterocycles. The van der Waals surface area contributed by atoms with Crippen LogP contribution >= 0.6 is 0 Å². The molecule has 0 aromatic heterocycles. The maximum Gasteiger partial charge on any atom is 0.330 e. The fourth-order valence-corrected chi connectivity index (χ4v) is 2.70. The van der Waals surface area contributed by atoms with Gasteiger partial charge in [-0.1, -0.05) is 48.6 Å². The third kappa shape index (κ3) is 6.63. The third-order valence-corrected chi connectivity index (χ3v) is 4.06. The predicted octanol–water partition coefficient (Wildman–Crippen LogP) is 4.87. The van der Waals surface area contributed by atoms with Gasteiger partial charge in [0.15, 0.2) is 11.5 Å². The first-order valence-corrected chi connectivity index (χ1v) is 8.83. The zero-order valence-corrected chi connectivity index (χ0v) is 15.4. The van der Waals surface area contributed by atoms with E-state index in [-0.39, 0.29) is 5.97 Å². The number of benzene rings is 1. The summed E-state index contributed by atoms with van der Waals surface area (Å²) in [6.07, 6.45) is 19.4. The molecule has 1 fully saturated rings. The number of hydrogen-bond donors (Lipinski definition) is 0. The summed E-state index contributed by atoms with van der Waals surface area (Å²) in [7, 11) is 3.01. The summed E-state index contributed by atoms with van der Waals surface area (Å²) >= 11 is 0. The Labute approximate surface area is 155 Å². The number of carbonyl (C=O) groups excluding carboxylic acids is 1. The zero-order chi connectivity index (χ0) is 18.6. The van der Waals surface area contributed by atoms with E-state index in [2.05, 4.69) is 4.74 Å². The summed E-state index contributed by atoms with van der Waals surface area (Å²) in [5, 5.41) is 0. The van der Waals surface area contributed by atoms with Crippen LogP contribution in [-0.2, 0) is 9.53 Å². The molecule has 1 aromatic rings. The van der Waals surface area contributed by atoms with E-state index in [9.17, 15) is 4.79 Å². The molecule has 26 heavy (non-hydrogen) atoms. The standard InChI is InChI=1S/C22H26O4/c1-24-20-16-15-18(17-21(20)26-19-12-9-10-13-19)11-7-5-3-4-6-8-14-22(23)25-2/h3-8,11,14-17,19H,9-10,12-13H2,1-2H3. The summed E-state index contributed by atoms with van der Waals surface area (Å²) in [4.78, 5) is 10.9. The van der Waals surface area contributed by atoms with Crippen LogP contribution in [0.4, 0.5) is 0 Å².